The quantitative estimate of drug-likeness (QED) is 0.591. The fraction of sp³-hybridized carbons (Fsp3) is 0.300. The maximum atomic E-state index is 4.27. The maximum Gasteiger partial charge on any atom is 0.0658 e. The van der Waals surface area contributed by atoms with Crippen LogP contribution >= 0.6 is 0 Å². The summed E-state index contributed by atoms with van der Waals surface area (Å²) in [6.45, 7) is 2.23. The molecule has 0 spiro atoms. The predicted molar refractivity (Wildman–Crippen MR) is 46.0 cm³/mol. The second-order valence-corrected chi connectivity index (χ2v) is 3.09. The molecule has 1 atom stereocenters. The van der Waals surface area contributed by atoms with Gasteiger partial charge < -0.3 is 0 Å². The zero-order valence-electron chi connectivity index (χ0n) is 6.62. The van der Waals surface area contributed by atoms with E-state index >= 15 is 0 Å². The number of allylic oxidation sites excluding steroid dienone is 2. The van der Waals surface area contributed by atoms with Crippen LogP contribution in [-0.2, 0) is 0 Å². The molecule has 0 radical (unpaired) electrons. The van der Waals surface area contributed by atoms with Gasteiger partial charge >= 0.3 is 0 Å². The summed E-state index contributed by atoms with van der Waals surface area (Å²) >= 11 is 0. The predicted octanol–water partition coefficient (Wildman–Crippen LogP) is 2.50. The Morgan fingerprint density at radius 2 is 2.27 bits per heavy atom. The maximum absolute atomic E-state index is 4.27. The summed E-state index contributed by atoms with van der Waals surface area (Å²) in [4.78, 5) is 4.27. The largest absolute Gasteiger partial charge is 0.257 e. The number of hydrogen-bond donors (Lipinski definition) is 0. The fourth-order valence-electron chi connectivity index (χ4n) is 1.40. The Balaban J connectivity index is 2.26. The van der Waals surface area contributed by atoms with Crippen molar-refractivity contribution in [2.45, 2.75) is 13.3 Å². The molecular weight excluding hydrogens is 134 g/mol. The van der Waals surface area contributed by atoms with Gasteiger partial charge in [0.15, 0.2) is 0 Å². The van der Waals surface area contributed by atoms with E-state index in [1.165, 1.54) is 12.0 Å². The molecule has 56 valence electrons. The van der Waals surface area contributed by atoms with Gasteiger partial charge in [-0.15, -0.1) is 0 Å². The Hall–Kier alpha value is -1.11. The highest BCUT2D eigenvalue weighted by molar-refractivity contribution is 5.67. The second-order valence-electron chi connectivity index (χ2n) is 3.09. The molecule has 0 N–H and O–H groups in total. The van der Waals surface area contributed by atoms with Crippen LogP contribution in [0.5, 0.6) is 0 Å². The molecular formula is C10H11N. The van der Waals surface area contributed by atoms with Gasteiger partial charge in [0, 0.05) is 6.20 Å². The molecule has 0 saturated heterocycles. The molecule has 1 aromatic heterocycles. The molecule has 1 aromatic rings. The summed E-state index contributed by atoms with van der Waals surface area (Å²) in [5.74, 6) is 0.756. The van der Waals surface area contributed by atoms with Gasteiger partial charge in [0.1, 0.15) is 0 Å². The van der Waals surface area contributed by atoms with E-state index < -0.39 is 0 Å². The lowest BCUT2D eigenvalue weighted by atomic mass is 9.86. The molecule has 0 aliphatic heterocycles. The lowest BCUT2D eigenvalue weighted by molar-refractivity contribution is 0.698. The molecule has 0 bridgehead atoms. The van der Waals surface area contributed by atoms with Crippen LogP contribution in [0.3, 0.4) is 0 Å². The van der Waals surface area contributed by atoms with Gasteiger partial charge in [0.25, 0.3) is 0 Å². The van der Waals surface area contributed by atoms with Gasteiger partial charge in [-0.25, -0.2) is 0 Å². The first-order valence-electron chi connectivity index (χ1n) is 3.98. The third-order valence-corrected chi connectivity index (χ3v) is 2.02. The first kappa shape index (κ1) is 6.59. The average Bonchev–Trinajstić information content (AvgIpc) is 2.01. The second kappa shape index (κ2) is 2.50. The molecule has 1 heterocycles. The van der Waals surface area contributed by atoms with Crippen LogP contribution < -0.4 is 0 Å². The summed E-state index contributed by atoms with van der Waals surface area (Å²) in [6.07, 6.45) is 5.32. The lowest BCUT2D eigenvalue weighted by Crippen LogP contribution is -2.05. The van der Waals surface area contributed by atoms with Crippen LogP contribution in [0.25, 0.3) is 5.57 Å². The summed E-state index contributed by atoms with van der Waals surface area (Å²) < 4.78 is 0. The molecule has 1 unspecified atom stereocenters. The summed E-state index contributed by atoms with van der Waals surface area (Å²) in [5.41, 5.74) is 2.55. The van der Waals surface area contributed by atoms with Crippen molar-refractivity contribution in [2.75, 3.05) is 0 Å². The standard InChI is InChI=1S/C10H11N/c1-8-6-9(7-8)10-4-2-3-5-11-10/h2-6,8H,7H2,1H3. The van der Waals surface area contributed by atoms with Gasteiger partial charge in [-0.05, 0) is 30.0 Å². The minimum Gasteiger partial charge on any atom is -0.257 e. The summed E-state index contributed by atoms with van der Waals surface area (Å²) in [7, 11) is 0. The van der Waals surface area contributed by atoms with Crippen LogP contribution in [0.2, 0.25) is 0 Å². The molecule has 0 fully saturated rings. The van der Waals surface area contributed by atoms with Crippen LogP contribution in [0.1, 0.15) is 19.0 Å². The van der Waals surface area contributed by atoms with E-state index in [9.17, 15) is 0 Å². The Labute approximate surface area is 66.8 Å². The lowest BCUT2D eigenvalue weighted by Gasteiger charge is -2.20. The summed E-state index contributed by atoms with van der Waals surface area (Å²) in [6, 6.07) is 6.05. The summed E-state index contributed by atoms with van der Waals surface area (Å²) in [5, 5.41) is 0. The van der Waals surface area contributed by atoms with Crippen molar-refractivity contribution in [1.82, 2.24) is 4.98 Å². The van der Waals surface area contributed by atoms with Crippen LogP contribution in [0.4, 0.5) is 0 Å². The molecule has 1 heteroatoms. The van der Waals surface area contributed by atoms with Crippen LogP contribution in [0, 0.1) is 5.92 Å². The first-order chi connectivity index (χ1) is 5.36. The minimum absolute atomic E-state index is 0.756. The molecule has 1 aliphatic rings. The van der Waals surface area contributed by atoms with Gasteiger partial charge in [0.2, 0.25) is 0 Å². The average molecular weight is 145 g/mol. The Morgan fingerprint density at radius 1 is 1.45 bits per heavy atom. The Kier molecular flexibility index (Phi) is 1.50. The third-order valence-electron chi connectivity index (χ3n) is 2.02. The topological polar surface area (TPSA) is 12.9 Å². The van der Waals surface area contributed by atoms with E-state index in [-0.39, 0.29) is 0 Å². The van der Waals surface area contributed by atoms with E-state index in [0.717, 1.165) is 11.6 Å². The van der Waals surface area contributed by atoms with Crippen molar-refractivity contribution in [2.24, 2.45) is 5.92 Å². The highest BCUT2D eigenvalue weighted by Crippen LogP contribution is 2.31. The van der Waals surface area contributed by atoms with Crippen molar-refractivity contribution in [3.05, 3.63) is 36.2 Å². The zero-order valence-corrected chi connectivity index (χ0v) is 6.62. The number of rotatable bonds is 1. The van der Waals surface area contributed by atoms with Gasteiger partial charge in [0.05, 0.1) is 5.69 Å². The van der Waals surface area contributed by atoms with Crippen molar-refractivity contribution < 1.29 is 0 Å². The van der Waals surface area contributed by atoms with E-state index in [4.69, 9.17) is 0 Å². The number of aromatic nitrogens is 1. The normalized spacial score (nSPS) is 22.3. The Morgan fingerprint density at radius 3 is 2.82 bits per heavy atom. The molecule has 1 aliphatic carbocycles. The van der Waals surface area contributed by atoms with Crippen molar-refractivity contribution in [1.29, 1.82) is 0 Å². The highest BCUT2D eigenvalue weighted by Gasteiger charge is 2.15. The smallest absolute Gasteiger partial charge is 0.0658 e. The van der Waals surface area contributed by atoms with E-state index in [1.54, 1.807) is 0 Å². The molecule has 2 rings (SSSR count). The Bertz CT molecular complexity index is 274. The van der Waals surface area contributed by atoms with Crippen LogP contribution in [0.15, 0.2) is 30.5 Å². The number of pyridine rings is 1. The zero-order chi connectivity index (χ0) is 7.68. The fourth-order valence-corrected chi connectivity index (χ4v) is 1.40. The van der Waals surface area contributed by atoms with Crippen molar-refractivity contribution >= 4 is 5.57 Å². The monoisotopic (exact) mass is 145 g/mol. The number of nitrogens with zero attached hydrogens (tertiary/aromatic N) is 1. The van der Waals surface area contributed by atoms with Gasteiger partial charge in [-0.1, -0.05) is 19.1 Å². The van der Waals surface area contributed by atoms with E-state index in [2.05, 4.69) is 24.1 Å². The minimum atomic E-state index is 0.756. The molecule has 0 aromatic carbocycles. The third kappa shape index (κ3) is 1.18. The van der Waals surface area contributed by atoms with Crippen molar-refractivity contribution in [3.63, 3.8) is 0 Å². The van der Waals surface area contributed by atoms with Crippen LogP contribution in [-0.4, -0.2) is 4.98 Å². The SMILES string of the molecule is CC1C=C(c2ccccn2)C1. The van der Waals surface area contributed by atoms with Crippen molar-refractivity contribution in [3.8, 4) is 0 Å². The molecule has 0 amide bonds. The van der Waals surface area contributed by atoms with Gasteiger partial charge in [-0.2, -0.15) is 0 Å². The highest BCUT2D eigenvalue weighted by atomic mass is 14.7. The first-order valence-corrected chi connectivity index (χ1v) is 3.98. The molecule has 0 saturated carbocycles. The molecule has 11 heavy (non-hydrogen) atoms. The van der Waals surface area contributed by atoms with E-state index in [0.29, 0.717) is 0 Å². The van der Waals surface area contributed by atoms with Gasteiger partial charge in [-0.3, -0.25) is 4.98 Å². The molecule has 1 nitrogen and oxygen atoms in total. The van der Waals surface area contributed by atoms with E-state index in [1.807, 2.05) is 18.3 Å². The number of hydrogen-bond acceptors (Lipinski definition) is 1.